The second-order valence-electron chi connectivity index (χ2n) is 10.7. The summed E-state index contributed by atoms with van der Waals surface area (Å²) in [5, 5.41) is 3.06. The molecule has 0 unspecified atom stereocenters. The topological polar surface area (TPSA) is 52.7 Å². The first-order valence-corrected chi connectivity index (χ1v) is 14.7. The number of benzene rings is 3. The lowest BCUT2D eigenvalue weighted by Crippen LogP contribution is -2.42. The molecule has 39 heavy (non-hydrogen) atoms. The highest BCUT2D eigenvalue weighted by Crippen LogP contribution is 2.42. The van der Waals surface area contributed by atoms with Crippen LogP contribution in [0, 0.1) is 13.8 Å². The Morgan fingerprint density at radius 1 is 1.05 bits per heavy atom. The van der Waals surface area contributed by atoms with E-state index >= 15 is 0 Å². The number of anilines is 1. The summed E-state index contributed by atoms with van der Waals surface area (Å²) in [6.45, 7) is 9.61. The van der Waals surface area contributed by atoms with E-state index in [1.807, 2.05) is 53.4 Å². The van der Waals surface area contributed by atoms with Crippen LogP contribution in [0.15, 0.2) is 76.5 Å². The van der Waals surface area contributed by atoms with Crippen molar-refractivity contribution in [3.63, 3.8) is 0 Å². The summed E-state index contributed by atoms with van der Waals surface area (Å²) in [7, 11) is 0. The number of likely N-dealkylation sites (tertiary alicyclic amines) is 1. The van der Waals surface area contributed by atoms with Crippen LogP contribution in [-0.2, 0) is 11.3 Å². The molecular weight excluding hydrogens is 502 g/mol. The molecule has 6 heteroatoms. The summed E-state index contributed by atoms with van der Waals surface area (Å²) in [5.41, 5.74) is 5.98. The molecule has 3 aromatic rings. The van der Waals surface area contributed by atoms with Gasteiger partial charge >= 0.3 is 0 Å². The minimum atomic E-state index is -0.0596. The smallest absolute Gasteiger partial charge is 0.265 e. The largest absolute Gasteiger partial charge is 0.351 e. The lowest BCUT2D eigenvalue weighted by molar-refractivity contribution is -0.114. The lowest BCUT2D eigenvalue weighted by Gasteiger charge is -2.33. The number of carbonyl (C=O) groups is 2. The maximum absolute atomic E-state index is 13.7. The summed E-state index contributed by atoms with van der Waals surface area (Å²) >= 11 is 1.50. The number of amides is 2. The van der Waals surface area contributed by atoms with Crippen molar-refractivity contribution in [1.29, 1.82) is 0 Å². The summed E-state index contributed by atoms with van der Waals surface area (Å²) < 4.78 is 0. The van der Waals surface area contributed by atoms with Crippen LogP contribution in [0.5, 0.6) is 0 Å². The predicted octanol–water partition coefficient (Wildman–Crippen LogP) is 6.59. The van der Waals surface area contributed by atoms with Crippen molar-refractivity contribution in [1.82, 2.24) is 10.2 Å². The molecule has 1 N–H and O–H groups in total. The molecule has 0 spiro atoms. The molecule has 2 aliphatic heterocycles. The predicted molar refractivity (Wildman–Crippen MR) is 161 cm³/mol. The molecule has 2 aliphatic rings. The molecule has 5 rings (SSSR count). The molecule has 1 saturated heterocycles. The Morgan fingerprint density at radius 2 is 1.85 bits per heavy atom. The molecule has 202 valence electrons. The second-order valence-corrected chi connectivity index (χ2v) is 11.7. The first kappa shape index (κ1) is 27.2. The number of hydrogen-bond acceptors (Lipinski definition) is 4. The van der Waals surface area contributed by atoms with Gasteiger partial charge in [0.25, 0.3) is 11.8 Å². The average Bonchev–Trinajstić information content (AvgIpc) is 2.94. The minimum Gasteiger partial charge on any atom is -0.351 e. The first-order chi connectivity index (χ1) is 18.9. The van der Waals surface area contributed by atoms with Crippen molar-refractivity contribution >= 4 is 35.3 Å². The Morgan fingerprint density at radius 3 is 2.64 bits per heavy atom. The number of thioether (sulfide) groups is 1. The Labute approximate surface area is 236 Å². The normalized spacial score (nSPS) is 18.7. The van der Waals surface area contributed by atoms with E-state index < -0.39 is 0 Å². The molecule has 0 radical (unpaired) electrons. The molecule has 3 aromatic carbocycles. The van der Waals surface area contributed by atoms with Crippen molar-refractivity contribution < 1.29 is 9.59 Å². The highest BCUT2D eigenvalue weighted by atomic mass is 32.2. The maximum atomic E-state index is 13.7. The van der Waals surface area contributed by atoms with Crippen LogP contribution in [0.25, 0.3) is 6.08 Å². The number of aryl methyl sites for hydroxylation is 2. The van der Waals surface area contributed by atoms with Gasteiger partial charge in [-0.15, -0.1) is 0 Å². The van der Waals surface area contributed by atoms with E-state index in [-0.39, 0.29) is 11.8 Å². The van der Waals surface area contributed by atoms with Crippen molar-refractivity contribution in [2.45, 2.75) is 57.5 Å². The second kappa shape index (κ2) is 12.2. The Hall–Kier alpha value is -3.35. The third-order valence-corrected chi connectivity index (χ3v) is 8.84. The fourth-order valence-electron chi connectivity index (χ4n) is 5.35. The third-order valence-electron chi connectivity index (χ3n) is 7.76. The van der Waals surface area contributed by atoms with Gasteiger partial charge in [0.05, 0.1) is 17.1 Å². The van der Waals surface area contributed by atoms with E-state index in [0.717, 1.165) is 34.8 Å². The van der Waals surface area contributed by atoms with Gasteiger partial charge in [-0.25, -0.2) is 0 Å². The molecule has 5 nitrogen and oxygen atoms in total. The van der Waals surface area contributed by atoms with Gasteiger partial charge in [-0.3, -0.25) is 14.5 Å². The zero-order valence-corrected chi connectivity index (χ0v) is 23.9. The van der Waals surface area contributed by atoms with Gasteiger partial charge in [-0.1, -0.05) is 66.2 Å². The number of para-hydroxylation sites is 1. The number of carbonyl (C=O) groups excluding carboxylic acids is 2. The third kappa shape index (κ3) is 6.45. The van der Waals surface area contributed by atoms with Crippen LogP contribution in [0.4, 0.5) is 5.69 Å². The molecule has 0 bridgehead atoms. The molecule has 0 aromatic heterocycles. The number of hydrogen-bond donors (Lipinski definition) is 1. The van der Waals surface area contributed by atoms with E-state index in [9.17, 15) is 9.59 Å². The van der Waals surface area contributed by atoms with Crippen molar-refractivity contribution in [3.05, 3.63) is 99.5 Å². The molecule has 2 heterocycles. The van der Waals surface area contributed by atoms with E-state index in [2.05, 4.69) is 55.3 Å². The summed E-state index contributed by atoms with van der Waals surface area (Å²) in [5.74, 6) is -0.0658. The Balaban J connectivity index is 1.29. The zero-order valence-electron chi connectivity index (χ0n) is 23.1. The minimum absolute atomic E-state index is 0.00614. The van der Waals surface area contributed by atoms with Crippen LogP contribution in [0.3, 0.4) is 0 Å². The monoisotopic (exact) mass is 539 g/mol. The molecule has 0 saturated carbocycles. The SMILES string of the molecule is Cc1ccc(C)c(CN2C(=O)/C(=C\c3ccc(C(=O)NCCN4CCCC[C@H]4C)cc3)Sc3ccccc32)c1. The summed E-state index contributed by atoms with van der Waals surface area (Å²) in [6, 6.07) is 22.5. The Kier molecular flexibility index (Phi) is 8.53. The number of rotatable bonds is 7. The number of fused-ring (bicyclic) bond motifs is 1. The van der Waals surface area contributed by atoms with Gasteiger partial charge in [0, 0.05) is 29.6 Å². The van der Waals surface area contributed by atoms with E-state index in [0.29, 0.717) is 29.6 Å². The van der Waals surface area contributed by atoms with E-state index in [1.165, 1.54) is 42.2 Å². The van der Waals surface area contributed by atoms with Crippen LogP contribution in [0.2, 0.25) is 0 Å². The summed E-state index contributed by atoms with van der Waals surface area (Å²) in [6.07, 6.45) is 5.71. The van der Waals surface area contributed by atoms with Gasteiger partial charge in [0.2, 0.25) is 0 Å². The fraction of sp³-hybridized carbons (Fsp3) is 0.333. The highest BCUT2D eigenvalue weighted by molar-refractivity contribution is 8.04. The van der Waals surface area contributed by atoms with Gasteiger partial charge in [0.15, 0.2) is 0 Å². The standard InChI is InChI=1S/C33H37N3O2S/c1-23-11-12-24(2)28(20-23)22-36-29-9-4-5-10-30(29)39-31(33(36)38)21-26-13-15-27(16-14-26)32(37)34-17-19-35-18-7-6-8-25(35)3/h4-5,9-16,20-21,25H,6-8,17-19,22H2,1-3H3,(H,34,37)/b31-21+/t25-/m1/s1. The maximum Gasteiger partial charge on any atom is 0.265 e. The number of piperidine rings is 1. The van der Waals surface area contributed by atoms with Crippen LogP contribution in [-0.4, -0.2) is 42.4 Å². The van der Waals surface area contributed by atoms with Crippen molar-refractivity contribution in [3.8, 4) is 0 Å². The highest BCUT2D eigenvalue weighted by Gasteiger charge is 2.29. The van der Waals surface area contributed by atoms with Crippen molar-refractivity contribution in [2.75, 3.05) is 24.5 Å². The molecule has 0 aliphatic carbocycles. The lowest BCUT2D eigenvalue weighted by atomic mass is 10.0. The van der Waals surface area contributed by atoms with Gasteiger partial charge in [-0.05, 0) is 87.2 Å². The molecule has 2 amide bonds. The van der Waals surface area contributed by atoms with Crippen molar-refractivity contribution in [2.24, 2.45) is 0 Å². The van der Waals surface area contributed by atoms with Gasteiger partial charge < -0.3 is 10.2 Å². The Bertz CT molecular complexity index is 1380. The van der Waals surface area contributed by atoms with E-state index in [1.54, 1.807) is 0 Å². The average molecular weight is 540 g/mol. The van der Waals surface area contributed by atoms with Gasteiger partial charge in [0.1, 0.15) is 0 Å². The number of nitrogens with one attached hydrogen (secondary N) is 1. The fourth-order valence-corrected chi connectivity index (χ4v) is 6.41. The molecule has 1 fully saturated rings. The first-order valence-electron chi connectivity index (χ1n) is 13.9. The van der Waals surface area contributed by atoms with E-state index in [4.69, 9.17) is 0 Å². The van der Waals surface area contributed by atoms with Crippen LogP contribution >= 0.6 is 11.8 Å². The summed E-state index contributed by atoms with van der Waals surface area (Å²) in [4.78, 5) is 32.5. The van der Waals surface area contributed by atoms with Gasteiger partial charge in [-0.2, -0.15) is 0 Å². The quantitative estimate of drug-likeness (QED) is 0.344. The van der Waals surface area contributed by atoms with Crippen LogP contribution in [0.1, 0.15) is 58.8 Å². The molecule has 1 atom stereocenters. The molecular formula is C33H37N3O2S. The zero-order chi connectivity index (χ0) is 27.4. The number of nitrogens with zero attached hydrogens (tertiary/aromatic N) is 2. The van der Waals surface area contributed by atoms with Crippen LogP contribution < -0.4 is 10.2 Å².